The number of halogens is 1. The third-order valence-corrected chi connectivity index (χ3v) is 4.95. The van der Waals surface area contributed by atoms with Crippen LogP contribution in [0.1, 0.15) is 18.9 Å². The molecular formula is C16H21FN4S2. The van der Waals surface area contributed by atoms with Gasteiger partial charge in [0.15, 0.2) is 5.96 Å². The van der Waals surface area contributed by atoms with E-state index in [2.05, 4.69) is 20.6 Å². The molecule has 0 amide bonds. The topological polar surface area (TPSA) is 49.3 Å². The molecule has 0 bridgehead atoms. The van der Waals surface area contributed by atoms with E-state index in [1.165, 1.54) is 12.1 Å². The van der Waals surface area contributed by atoms with Crippen molar-refractivity contribution < 1.29 is 4.39 Å². The number of aromatic nitrogens is 1. The van der Waals surface area contributed by atoms with Crippen molar-refractivity contribution in [3.8, 4) is 0 Å². The van der Waals surface area contributed by atoms with Crippen molar-refractivity contribution in [3.05, 3.63) is 47.2 Å². The molecule has 0 aliphatic carbocycles. The summed E-state index contributed by atoms with van der Waals surface area (Å²) in [7, 11) is 0. The molecule has 0 radical (unpaired) electrons. The summed E-state index contributed by atoms with van der Waals surface area (Å²) in [5, 5.41) is 8.49. The van der Waals surface area contributed by atoms with Gasteiger partial charge in [-0.3, -0.25) is 0 Å². The Morgan fingerprint density at radius 3 is 3.04 bits per heavy atom. The third-order valence-electron chi connectivity index (χ3n) is 2.90. The summed E-state index contributed by atoms with van der Waals surface area (Å²) >= 11 is 3.44. The van der Waals surface area contributed by atoms with Crippen LogP contribution in [0.25, 0.3) is 0 Å². The van der Waals surface area contributed by atoms with Gasteiger partial charge >= 0.3 is 0 Å². The van der Waals surface area contributed by atoms with E-state index < -0.39 is 0 Å². The minimum atomic E-state index is -0.227. The Hall–Kier alpha value is -1.60. The summed E-state index contributed by atoms with van der Waals surface area (Å²) in [6.45, 7) is 4.12. The number of thiazole rings is 1. The monoisotopic (exact) mass is 352 g/mol. The highest BCUT2D eigenvalue weighted by molar-refractivity contribution is 8.00. The first kappa shape index (κ1) is 17.7. The van der Waals surface area contributed by atoms with E-state index in [4.69, 9.17) is 0 Å². The minimum absolute atomic E-state index is 0.227. The lowest BCUT2D eigenvalue weighted by atomic mass is 10.2. The van der Waals surface area contributed by atoms with Crippen LogP contribution in [0.3, 0.4) is 0 Å². The molecule has 4 nitrogen and oxygen atoms in total. The van der Waals surface area contributed by atoms with Crippen molar-refractivity contribution in [2.45, 2.75) is 24.2 Å². The highest BCUT2D eigenvalue weighted by Crippen LogP contribution is 2.20. The Bertz CT molecular complexity index is 602. The second-order valence-corrected chi connectivity index (χ2v) is 6.99. The van der Waals surface area contributed by atoms with Crippen LogP contribution >= 0.6 is 23.1 Å². The van der Waals surface area contributed by atoms with Gasteiger partial charge < -0.3 is 10.6 Å². The van der Waals surface area contributed by atoms with Gasteiger partial charge in [0.05, 0.1) is 6.54 Å². The summed E-state index contributed by atoms with van der Waals surface area (Å²) < 4.78 is 14.3. The van der Waals surface area contributed by atoms with Crippen molar-refractivity contribution in [1.29, 1.82) is 0 Å². The predicted octanol–water partition coefficient (Wildman–Crippen LogP) is 3.52. The Morgan fingerprint density at radius 1 is 1.39 bits per heavy atom. The fourth-order valence-electron chi connectivity index (χ4n) is 1.87. The Labute approximate surface area is 144 Å². The molecule has 2 aromatic rings. The summed E-state index contributed by atoms with van der Waals surface area (Å²) in [4.78, 5) is 8.73. The summed E-state index contributed by atoms with van der Waals surface area (Å²) in [5.41, 5.74) is 0.863. The maximum Gasteiger partial charge on any atom is 0.191 e. The molecule has 124 valence electrons. The molecule has 23 heavy (non-hydrogen) atoms. The van der Waals surface area contributed by atoms with Crippen LogP contribution in [0.4, 0.5) is 4.39 Å². The van der Waals surface area contributed by atoms with Crippen molar-refractivity contribution in [1.82, 2.24) is 15.6 Å². The molecule has 0 fully saturated rings. The molecule has 7 heteroatoms. The first-order chi connectivity index (χ1) is 11.3. The maximum atomic E-state index is 13.2. The summed E-state index contributed by atoms with van der Waals surface area (Å²) in [5.74, 6) is 1.55. The standard InChI is InChI=1S/C16H21FN4S2/c1-2-18-15(21-12-13-5-3-6-14(17)11-13)19-7-4-9-22-16-20-8-10-23-16/h3,5-6,8,10-11H,2,4,7,9,12H2,1H3,(H2,18,19,21). The van der Waals surface area contributed by atoms with Gasteiger partial charge in [-0.05, 0) is 31.0 Å². The van der Waals surface area contributed by atoms with Gasteiger partial charge in [0, 0.05) is 30.4 Å². The fourth-order valence-corrected chi connectivity index (χ4v) is 3.51. The quantitative estimate of drug-likeness (QED) is 0.330. The zero-order chi connectivity index (χ0) is 16.3. The summed E-state index contributed by atoms with van der Waals surface area (Å²) in [6.07, 6.45) is 2.85. The second kappa shape index (κ2) is 10.2. The van der Waals surface area contributed by atoms with E-state index in [0.29, 0.717) is 6.54 Å². The number of nitrogens with zero attached hydrogens (tertiary/aromatic N) is 2. The first-order valence-corrected chi connectivity index (χ1v) is 9.43. The van der Waals surface area contributed by atoms with Crippen LogP contribution in [0.15, 0.2) is 45.2 Å². The van der Waals surface area contributed by atoms with Crippen molar-refractivity contribution >= 4 is 29.1 Å². The highest BCUT2D eigenvalue weighted by Gasteiger charge is 2.00. The van der Waals surface area contributed by atoms with Gasteiger partial charge in [0.25, 0.3) is 0 Å². The number of guanidine groups is 1. The average Bonchev–Trinajstić information content (AvgIpc) is 3.05. The number of benzene rings is 1. The molecule has 0 saturated heterocycles. The fraction of sp³-hybridized carbons (Fsp3) is 0.375. The molecule has 0 aliphatic heterocycles. The lowest BCUT2D eigenvalue weighted by Gasteiger charge is -2.11. The SMILES string of the molecule is CCNC(=NCc1cccc(F)c1)NCCCSc1nccs1. The zero-order valence-corrected chi connectivity index (χ0v) is 14.7. The van der Waals surface area contributed by atoms with E-state index in [9.17, 15) is 4.39 Å². The van der Waals surface area contributed by atoms with E-state index >= 15 is 0 Å². The Balaban J connectivity index is 1.73. The number of rotatable bonds is 8. The molecule has 0 spiro atoms. The maximum absolute atomic E-state index is 13.2. The van der Waals surface area contributed by atoms with Gasteiger partial charge in [-0.1, -0.05) is 23.9 Å². The largest absolute Gasteiger partial charge is 0.357 e. The molecule has 0 atom stereocenters. The number of aliphatic imine (C=N–C) groups is 1. The van der Waals surface area contributed by atoms with Crippen LogP contribution in [-0.4, -0.2) is 29.8 Å². The highest BCUT2D eigenvalue weighted by atomic mass is 32.2. The van der Waals surface area contributed by atoms with E-state index in [0.717, 1.165) is 41.1 Å². The molecule has 2 N–H and O–H groups in total. The van der Waals surface area contributed by atoms with Crippen molar-refractivity contribution in [2.75, 3.05) is 18.8 Å². The van der Waals surface area contributed by atoms with Gasteiger partial charge in [-0.25, -0.2) is 14.4 Å². The molecule has 2 rings (SSSR count). The summed E-state index contributed by atoms with van der Waals surface area (Å²) in [6, 6.07) is 6.53. The van der Waals surface area contributed by atoms with Crippen LogP contribution < -0.4 is 10.6 Å². The number of thioether (sulfide) groups is 1. The molecular weight excluding hydrogens is 331 g/mol. The van der Waals surface area contributed by atoms with E-state index in [-0.39, 0.29) is 5.82 Å². The Kier molecular flexibility index (Phi) is 7.89. The van der Waals surface area contributed by atoms with Crippen molar-refractivity contribution in [2.24, 2.45) is 4.99 Å². The lowest BCUT2D eigenvalue weighted by molar-refractivity contribution is 0.625. The van der Waals surface area contributed by atoms with Crippen LogP contribution in [0, 0.1) is 5.82 Å². The first-order valence-electron chi connectivity index (χ1n) is 7.57. The van der Waals surface area contributed by atoms with Crippen LogP contribution in [-0.2, 0) is 6.54 Å². The third kappa shape index (κ3) is 7.00. The molecule has 0 saturated carbocycles. The normalized spacial score (nSPS) is 11.5. The van der Waals surface area contributed by atoms with Gasteiger partial charge in [0.1, 0.15) is 10.2 Å². The lowest BCUT2D eigenvalue weighted by Crippen LogP contribution is -2.37. The Morgan fingerprint density at radius 2 is 2.30 bits per heavy atom. The smallest absolute Gasteiger partial charge is 0.191 e. The molecule has 1 heterocycles. The van der Waals surface area contributed by atoms with E-state index in [1.807, 2.05) is 24.6 Å². The zero-order valence-electron chi connectivity index (χ0n) is 13.1. The van der Waals surface area contributed by atoms with Gasteiger partial charge in [-0.2, -0.15) is 0 Å². The van der Waals surface area contributed by atoms with Crippen molar-refractivity contribution in [3.63, 3.8) is 0 Å². The number of hydrogen-bond acceptors (Lipinski definition) is 4. The van der Waals surface area contributed by atoms with Crippen LogP contribution in [0.2, 0.25) is 0 Å². The van der Waals surface area contributed by atoms with Crippen LogP contribution in [0.5, 0.6) is 0 Å². The molecule has 0 aliphatic rings. The number of hydrogen-bond donors (Lipinski definition) is 2. The molecule has 0 unspecified atom stereocenters. The van der Waals surface area contributed by atoms with E-state index in [1.54, 1.807) is 29.2 Å². The second-order valence-electron chi connectivity index (χ2n) is 4.75. The van der Waals surface area contributed by atoms with Gasteiger partial charge in [-0.15, -0.1) is 11.3 Å². The van der Waals surface area contributed by atoms with Gasteiger partial charge in [0.2, 0.25) is 0 Å². The predicted molar refractivity (Wildman–Crippen MR) is 96.7 cm³/mol. The molecule has 1 aromatic heterocycles. The minimum Gasteiger partial charge on any atom is -0.357 e. The number of nitrogens with one attached hydrogen (secondary N) is 2. The average molecular weight is 353 g/mol. The molecule has 1 aromatic carbocycles.